The van der Waals surface area contributed by atoms with Crippen molar-refractivity contribution in [1.82, 2.24) is 0 Å². The van der Waals surface area contributed by atoms with E-state index in [1.54, 1.807) is 79.1 Å². The Morgan fingerprint density at radius 2 is 0.528 bits per heavy atom. The van der Waals surface area contributed by atoms with Gasteiger partial charge in [0.2, 0.25) is 0 Å². The van der Waals surface area contributed by atoms with Crippen molar-refractivity contribution in [3.63, 3.8) is 0 Å². The maximum atomic E-state index is 11.5. The summed E-state index contributed by atoms with van der Waals surface area (Å²) in [6, 6.07) is 0. The molecule has 0 unspecified atom stereocenters. The van der Waals surface area contributed by atoms with Crippen LogP contribution in [0, 0.1) is 91.2 Å². The summed E-state index contributed by atoms with van der Waals surface area (Å²) in [4.78, 5) is 0. The normalized spacial score (nSPS) is 23.7. The van der Waals surface area contributed by atoms with Crippen LogP contribution in [0.4, 0.5) is 26.3 Å². The van der Waals surface area contributed by atoms with Gasteiger partial charge in [0, 0.05) is 12.8 Å². The first kappa shape index (κ1) is 92.8. The molecule has 0 nitrogen and oxygen atoms in total. The third kappa shape index (κ3) is 48.9. The molecule has 0 N–H and O–H groups in total. The van der Waals surface area contributed by atoms with Gasteiger partial charge in [-0.15, -0.1) is 0 Å². The second-order valence-electron chi connectivity index (χ2n) is 36.2. The predicted octanol–water partition coefficient (Wildman–Crippen LogP) is 31.9. The van der Waals surface area contributed by atoms with E-state index in [1.165, 1.54) is 167 Å². The first-order valence-corrected chi connectivity index (χ1v) is 39.0. The lowest BCUT2D eigenvalue weighted by molar-refractivity contribution is -0.144. The fourth-order valence-corrected chi connectivity index (χ4v) is 15.8. The first-order valence-electron chi connectivity index (χ1n) is 39.0. The molecule has 4 spiro atoms. The van der Waals surface area contributed by atoms with Gasteiger partial charge < -0.3 is 0 Å². The lowest BCUT2D eigenvalue weighted by Gasteiger charge is -2.54. The van der Waals surface area contributed by atoms with Gasteiger partial charge in [0.1, 0.15) is 0 Å². The molecule has 8 rings (SSSR count). The maximum absolute atomic E-state index is 11.5. The summed E-state index contributed by atoms with van der Waals surface area (Å²) in [5.41, 5.74) is 4.98. The molecule has 540 valence electrons. The van der Waals surface area contributed by atoms with Gasteiger partial charge in [-0.1, -0.05) is 296 Å². The van der Waals surface area contributed by atoms with Crippen LogP contribution in [0.15, 0.2) is 0 Å². The van der Waals surface area contributed by atoms with E-state index in [4.69, 9.17) is 0 Å². The van der Waals surface area contributed by atoms with Crippen molar-refractivity contribution in [1.29, 1.82) is 0 Å². The fraction of sp³-hybridized carbons (Fsp3) is 1.00. The number of alkyl halides is 6. The Labute approximate surface area is 558 Å². The van der Waals surface area contributed by atoms with Crippen LogP contribution in [0.2, 0.25) is 0 Å². The van der Waals surface area contributed by atoms with Crippen molar-refractivity contribution in [3.8, 4) is 0 Å². The molecular formula is C83H166F6. The van der Waals surface area contributed by atoms with Gasteiger partial charge in [0.15, 0.2) is 0 Å². The predicted molar refractivity (Wildman–Crippen MR) is 389 cm³/mol. The molecule has 0 saturated heterocycles. The van der Waals surface area contributed by atoms with Crippen LogP contribution in [0.5, 0.6) is 0 Å². The Bertz CT molecular complexity index is 1520. The minimum atomic E-state index is -3.98. The van der Waals surface area contributed by atoms with Gasteiger partial charge in [-0.2, -0.15) is 26.3 Å². The van der Waals surface area contributed by atoms with E-state index in [0.29, 0.717) is 34.5 Å². The fourth-order valence-electron chi connectivity index (χ4n) is 15.8. The minimum Gasteiger partial charge on any atom is -0.171 e. The summed E-state index contributed by atoms with van der Waals surface area (Å²) in [5.74, 6) is 6.14. The van der Waals surface area contributed by atoms with E-state index in [0.717, 1.165) is 57.7 Å². The van der Waals surface area contributed by atoms with Crippen LogP contribution in [-0.2, 0) is 0 Å². The van der Waals surface area contributed by atoms with E-state index in [2.05, 4.69) is 145 Å². The Balaban J connectivity index is -0.000000953. The van der Waals surface area contributed by atoms with Gasteiger partial charge in [-0.25, -0.2) is 0 Å². The van der Waals surface area contributed by atoms with Crippen molar-refractivity contribution in [3.05, 3.63) is 0 Å². The summed E-state index contributed by atoms with van der Waals surface area (Å²) in [7, 11) is 0. The quantitative estimate of drug-likeness (QED) is 0.241. The molecule has 2 atom stereocenters. The van der Waals surface area contributed by atoms with Gasteiger partial charge in [0.05, 0.1) is 0 Å². The Morgan fingerprint density at radius 1 is 0.315 bits per heavy atom. The second kappa shape index (κ2) is 46.7. The number of halogens is 6. The van der Waals surface area contributed by atoms with Crippen LogP contribution in [0.1, 0.15) is 431 Å². The Kier molecular flexibility index (Phi) is 48.7. The van der Waals surface area contributed by atoms with Crippen molar-refractivity contribution in [2.45, 2.75) is 443 Å². The summed E-state index contributed by atoms with van der Waals surface area (Å²) in [6.45, 7) is 59.2. The second-order valence-corrected chi connectivity index (χ2v) is 36.2. The maximum Gasteiger partial charge on any atom is 0.389 e. The molecule has 8 aliphatic rings. The molecule has 8 aliphatic carbocycles. The molecule has 0 aromatic rings. The number of hydrogen-bond donors (Lipinski definition) is 0. The standard InChI is InChI=1S/C16H30.C14H26.C12H22.C11H20.2C6H11F3.C5H12.2C4H10.C3H8.C2H6/c1-13-6-8-16(9-7-13)11-14(2,3)10-15(4,5)12-16;1-12-4-6-14(7-5-12)10-8-13(2,3)9-11-14;1-11-5-9-12(10-6-11)7-3-2-4-8-12;1-10-4-8-11(9-5-10)6-2-3-7-11;2*1-3-5(2)4-6(7,8)9;1-4-5(2)3;2*1-4(2)3;1-3-2;1-2/h13H,6-12H2,1-5H3;12H,4-11H2,1-3H3;11H,2-10H2,1H3;10H,2-9H2,1H3;2*5H,3-4H2,1-2H3;5H,4H2,1-3H3;2*4H,1-3H3;3H2,1-2H3;1-2H3/t;;;;2*5-;;;;;/m....00...../s1. The summed E-state index contributed by atoms with van der Waals surface area (Å²) in [6.07, 6.45) is 43.0. The van der Waals surface area contributed by atoms with Gasteiger partial charge in [-0.3, -0.25) is 0 Å². The van der Waals surface area contributed by atoms with Crippen LogP contribution < -0.4 is 0 Å². The van der Waals surface area contributed by atoms with Crippen molar-refractivity contribution in [2.75, 3.05) is 0 Å². The highest BCUT2D eigenvalue weighted by atomic mass is 19.4. The summed E-state index contributed by atoms with van der Waals surface area (Å²) in [5, 5.41) is 0. The molecule has 0 heterocycles. The van der Waals surface area contributed by atoms with Gasteiger partial charge >= 0.3 is 12.4 Å². The smallest absolute Gasteiger partial charge is 0.171 e. The molecule has 6 heteroatoms. The largest absolute Gasteiger partial charge is 0.389 e. The highest BCUT2D eigenvalue weighted by Crippen LogP contribution is 2.60. The lowest BCUT2D eigenvalue weighted by atomic mass is 9.51. The molecule has 0 amide bonds. The molecule has 8 saturated carbocycles. The van der Waals surface area contributed by atoms with E-state index < -0.39 is 25.2 Å². The molecule has 0 aliphatic heterocycles. The molecular weight excluding hydrogens is 1110 g/mol. The van der Waals surface area contributed by atoms with Crippen molar-refractivity contribution in [2.24, 2.45) is 91.2 Å². The van der Waals surface area contributed by atoms with Crippen LogP contribution in [0.3, 0.4) is 0 Å². The zero-order valence-corrected chi connectivity index (χ0v) is 65.8. The lowest BCUT2D eigenvalue weighted by Crippen LogP contribution is -2.43. The molecule has 0 radical (unpaired) electrons. The third-order valence-corrected chi connectivity index (χ3v) is 21.6. The number of rotatable bonds is 5. The van der Waals surface area contributed by atoms with Gasteiger partial charge in [-0.05, 0) is 213 Å². The highest BCUT2D eigenvalue weighted by Gasteiger charge is 2.48. The molecule has 8 fully saturated rings. The zero-order valence-electron chi connectivity index (χ0n) is 65.8. The number of hydrogen-bond acceptors (Lipinski definition) is 0. The monoisotopic (exact) mass is 1280 g/mol. The molecule has 0 aromatic heterocycles. The van der Waals surface area contributed by atoms with E-state index in [9.17, 15) is 26.3 Å². The van der Waals surface area contributed by atoms with E-state index in [1.807, 2.05) is 13.8 Å². The average molecular weight is 1280 g/mol. The van der Waals surface area contributed by atoms with E-state index >= 15 is 0 Å². The van der Waals surface area contributed by atoms with Crippen LogP contribution >= 0.6 is 0 Å². The van der Waals surface area contributed by atoms with Crippen molar-refractivity contribution >= 4 is 0 Å². The first-order chi connectivity index (χ1) is 40.9. The molecule has 0 bridgehead atoms. The average Bonchev–Trinajstić information content (AvgIpc) is 1.78. The van der Waals surface area contributed by atoms with Gasteiger partial charge in [0.25, 0.3) is 0 Å². The minimum absolute atomic E-state index is 0.231. The Hall–Kier alpha value is -0.420. The highest BCUT2D eigenvalue weighted by molar-refractivity contribution is 4.99. The Morgan fingerprint density at radius 3 is 0.730 bits per heavy atom. The van der Waals surface area contributed by atoms with E-state index in [-0.39, 0.29) is 11.8 Å². The van der Waals surface area contributed by atoms with Crippen LogP contribution in [-0.4, -0.2) is 12.4 Å². The topological polar surface area (TPSA) is 0 Å². The molecule has 89 heavy (non-hydrogen) atoms. The molecule has 0 aromatic carbocycles. The SMILES string of the molecule is CC.CC(C)C.CC(C)C.CC1CCC2(CC1)CC(C)(C)CC(C)(C)C2.CC1CCC2(CC1)CCC(C)(C)CC2.CC1CCC2(CCCC2)CC1.CC1CCC2(CCCCC2)CC1.CCC.CCC(C)C.CC[C@H](C)CC(F)(F)F.CC[C@H](C)CC(F)(F)F. The zero-order chi connectivity index (χ0) is 69.6. The third-order valence-electron chi connectivity index (χ3n) is 21.6. The van der Waals surface area contributed by atoms with Crippen LogP contribution in [0.25, 0.3) is 0 Å². The summed E-state index contributed by atoms with van der Waals surface area (Å²) < 4.78 is 69.0. The summed E-state index contributed by atoms with van der Waals surface area (Å²) >= 11 is 0. The van der Waals surface area contributed by atoms with Crippen molar-refractivity contribution < 1.29 is 26.3 Å².